The average Bonchev–Trinajstić information content (AvgIpc) is 3.04. The van der Waals surface area contributed by atoms with Crippen molar-refractivity contribution < 1.29 is 21.6 Å². The van der Waals surface area contributed by atoms with Gasteiger partial charge in [0, 0.05) is 12.5 Å². The molecule has 0 unspecified atom stereocenters. The number of halogens is 3. The lowest BCUT2D eigenvalue weighted by atomic mass is 9.97. The molecule has 3 nitrogen and oxygen atoms in total. The number of allylic oxidation sites excluding steroid dienone is 2. The zero-order valence-electron chi connectivity index (χ0n) is 13.5. The molecule has 1 aromatic heterocycles. The minimum Gasteiger partial charge on any atom is -0.227 e. The van der Waals surface area contributed by atoms with Crippen LogP contribution >= 0.6 is 0 Å². The lowest BCUT2D eigenvalue weighted by Crippen LogP contribution is -1.98. The van der Waals surface area contributed by atoms with Gasteiger partial charge in [0.15, 0.2) is 9.84 Å². The molecule has 0 bridgehead atoms. The molecule has 0 saturated heterocycles. The Morgan fingerprint density at radius 1 is 1.04 bits per heavy atom. The van der Waals surface area contributed by atoms with E-state index in [0.717, 1.165) is 41.9 Å². The smallest absolute Gasteiger partial charge is 0.227 e. The Balaban J connectivity index is 2.05. The highest BCUT2D eigenvalue weighted by Crippen LogP contribution is 2.40. The molecule has 3 rings (SSSR count). The summed E-state index contributed by atoms with van der Waals surface area (Å²) >= 11 is 0. The monoisotopic (exact) mass is 367 g/mol. The highest BCUT2D eigenvalue weighted by atomic mass is 32.2. The van der Waals surface area contributed by atoms with E-state index in [-0.39, 0.29) is 4.90 Å². The first-order valence-electron chi connectivity index (χ1n) is 7.74. The van der Waals surface area contributed by atoms with E-state index in [1.54, 1.807) is 12.1 Å². The number of hydrogen-bond acceptors (Lipinski definition) is 3. The van der Waals surface area contributed by atoms with Crippen LogP contribution in [0.5, 0.6) is 0 Å². The van der Waals surface area contributed by atoms with Crippen LogP contribution in [0.4, 0.5) is 13.2 Å². The third kappa shape index (κ3) is 3.61. The minimum absolute atomic E-state index is 0.222. The Kier molecular flexibility index (Phi) is 4.69. The Morgan fingerprint density at radius 3 is 2.20 bits per heavy atom. The predicted molar refractivity (Wildman–Crippen MR) is 89.4 cm³/mol. The standard InChI is InChI=1S/C18H16F3NO2S/c1-25(23,24)13-7-5-11(6-8-13)14-3-2-4-15(14)12-9-16(17(19)20)18(21)22-10-12/h5-10,17H,2-4H2,1H3. The van der Waals surface area contributed by atoms with Crippen molar-refractivity contribution >= 4 is 21.0 Å². The Labute approximate surface area is 144 Å². The van der Waals surface area contributed by atoms with Gasteiger partial charge in [-0.25, -0.2) is 22.2 Å². The van der Waals surface area contributed by atoms with Crippen LogP contribution < -0.4 is 0 Å². The number of pyridine rings is 1. The Hall–Kier alpha value is -2.15. The molecule has 1 aliphatic carbocycles. The molecule has 0 amide bonds. The summed E-state index contributed by atoms with van der Waals surface area (Å²) in [7, 11) is -3.28. The number of sulfone groups is 1. The number of rotatable bonds is 4. The molecular weight excluding hydrogens is 351 g/mol. The predicted octanol–water partition coefficient (Wildman–Crippen LogP) is 4.66. The van der Waals surface area contributed by atoms with Crippen molar-refractivity contribution in [3.05, 3.63) is 59.2 Å². The van der Waals surface area contributed by atoms with E-state index >= 15 is 0 Å². The topological polar surface area (TPSA) is 47.0 Å². The first kappa shape index (κ1) is 17.7. The lowest BCUT2D eigenvalue weighted by Gasteiger charge is -2.10. The Morgan fingerprint density at radius 2 is 1.64 bits per heavy atom. The zero-order chi connectivity index (χ0) is 18.2. The van der Waals surface area contributed by atoms with Crippen LogP contribution in [0.1, 0.15) is 42.4 Å². The zero-order valence-corrected chi connectivity index (χ0v) is 14.3. The van der Waals surface area contributed by atoms with Gasteiger partial charge in [0.1, 0.15) is 0 Å². The third-order valence-corrected chi connectivity index (χ3v) is 5.43. The average molecular weight is 367 g/mol. The quantitative estimate of drug-likeness (QED) is 0.739. The number of alkyl halides is 2. The van der Waals surface area contributed by atoms with E-state index in [4.69, 9.17) is 0 Å². The maximum absolute atomic E-state index is 13.4. The molecular formula is C18H16F3NO2S. The minimum atomic E-state index is -3.28. The van der Waals surface area contributed by atoms with Gasteiger partial charge < -0.3 is 0 Å². The summed E-state index contributed by atoms with van der Waals surface area (Å²) < 4.78 is 62.4. The van der Waals surface area contributed by atoms with Gasteiger partial charge in [0.05, 0.1) is 10.5 Å². The van der Waals surface area contributed by atoms with Crippen molar-refractivity contribution in [2.45, 2.75) is 30.6 Å². The van der Waals surface area contributed by atoms with E-state index in [0.29, 0.717) is 12.0 Å². The Bertz CT molecular complexity index is 935. The molecule has 0 aliphatic heterocycles. The molecule has 132 valence electrons. The first-order chi connectivity index (χ1) is 11.8. The second-order valence-corrected chi connectivity index (χ2v) is 8.03. The van der Waals surface area contributed by atoms with Crippen molar-refractivity contribution in [3.8, 4) is 0 Å². The van der Waals surface area contributed by atoms with Crippen molar-refractivity contribution in [3.63, 3.8) is 0 Å². The summed E-state index contributed by atoms with van der Waals surface area (Å²) in [6.07, 6.45) is 1.76. The first-order valence-corrected chi connectivity index (χ1v) is 9.63. The molecule has 0 saturated carbocycles. The summed E-state index contributed by atoms with van der Waals surface area (Å²) in [5.41, 5.74) is 2.41. The van der Waals surface area contributed by atoms with Crippen LogP contribution in [0.25, 0.3) is 11.1 Å². The summed E-state index contributed by atoms with van der Waals surface area (Å²) in [4.78, 5) is 3.68. The van der Waals surface area contributed by atoms with Gasteiger partial charge in [-0.1, -0.05) is 12.1 Å². The van der Waals surface area contributed by atoms with Crippen LogP contribution in [0.15, 0.2) is 41.4 Å². The van der Waals surface area contributed by atoms with Crippen LogP contribution in [-0.2, 0) is 9.84 Å². The van der Waals surface area contributed by atoms with Crippen molar-refractivity contribution in [2.24, 2.45) is 0 Å². The maximum atomic E-state index is 13.4. The molecule has 2 aromatic rings. The van der Waals surface area contributed by atoms with Crippen molar-refractivity contribution in [1.82, 2.24) is 4.98 Å². The van der Waals surface area contributed by atoms with Gasteiger partial charge in [-0.2, -0.15) is 4.39 Å². The van der Waals surface area contributed by atoms with Crippen LogP contribution in [-0.4, -0.2) is 19.7 Å². The number of hydrogen-bond donors (Lipinski definition) is 0. The normalized spacial score (nSPS) is 15.2. The van der Waals surface area contributed by atoms with E-state index < -0.39 is 27.8 Å². The second-order valence-electron chi connectivity index (χ2n) is 6.01. The molecule has 0 N–H and O–H groups in total. The number of nitrogens with zero attached hydrogens (tertiary/aromatic N) is 1. The summed E-state index contributed by atoms with van der Waals surface area (Å²) in [6, 6.07) is 7.63. The van der Waals surface area contributed by atoms with E-state index in [1.807, 2.05) is 0 Å². The molecule has 1 heterocycles. The fourth-order valence-corrected chi connectivity index (χ4v) is 3.70. The molecule has 0 fully saturated rings. The van der Waals surface area contributed by atoms with Gasteiger partial charge in [0.25, 0.3) is 6.43 Å². The molecule has 0 atom stereocenters. The molecule has 7 heteroatoms. The summed E-state index contributed by atoms with van der Waals surface area (Å²) in [5.74, 6) is -1.16. The van der Waals surface area contributed by atoms with Crippen molar-refractivity contribution in [2.75, 3.05) is 6.26 Å². The van der Waals surface area contributed by atoms with E-state index in [9.17, 15) is 21.6 Å². The van der Waals surface area contributed by atoms with Gasteiger partial charge >= 0.3 is 0 Å². The number of benzene rings is 1. The van der Waals surface area contributed by atoms with Gasteiger partial charge in [-0.3, -0.25) is 0 Å². The lowest BCUT2D eigenvalue weighted by molar-refractivity contribution is 0.145. The summed E-state index contributed by atoms with van der Waals surface area (Å²) in [6.45, 7) is 0. The van der Waals surface area contributed by atoms with E-state index in [1.165, 1.54) is 18.3 Å². The van der Waals surface area contributed by atoms with Crippen LogP contribution in [0.3, 0.4) is 0 Å². The SMILES string of the molecule is CS(=O)(=O)c1ccc(C2=C(c3cnc(F)c(C(F)F)c3)CCC2)cc1. The molecule has 0 radical (unpaired) electrons. The van der Waals surface area contributed by atoms with Crippen LogP contribution in [0.2, 0.25) is 0 Å². The van der Waals surface area contributed by atoms with Crippen molar-refractivity contribution in [1.29, 1.82) is 0 Å². The molecule has 1 aromatic carbocycles. The highest BCUT2D eigenvalue weighted by Gasteiger charge is 2.22. The molecule has 1 aliphatic rings. The van der Waals surface area contributed by atoms with Gasteiger partial charge in [-0.05, 0) is 59.7 Å². The molecule has 0 spiro atoms. The van der Waals surface area contributed by atoms with Gasteiger partial charge in [0.2, 0.25) is 5.95 Å². The largest absolute Gasteiger partial charge is 0.268 e. The third-order valence-electron chi connectivity index (χ3n) is 4.30. The second kappa shape index (κ2) is 6.63. The maximum Gasteiger partial charge on any atom is 0.268 e. The fraction of sp³-hybridized carbons (Fsp3) is 0.278. The highest BCUT2D eigenvalue weighted by molar-refractivity contribution is 7.90. The molecule has 25 heavy (non-hydrogen) atoms. The fourth-order valence-electron chi connectivity index (χ4n) is 3.07. The van der Waals surface area contributed by atoms with E-state index in [2.05, 4.69) is 4.98 Å². The van der Waals surface area contributed by atoms with Crippen LogP contribution in [0, 0.1) is 5.95 Å². The van der Waals surface area contributed by atoms with Gasteiger partial charge in [-0.15, -0.1) is 0 Å². The number of aromatic nitrogens is 1. The summed E-state index contributed by atoms with van der Waals surface area (Å²) in [5, 5.41) is 0.